The van der Waals surface area contributed by atoms with E-state index in [0.29, 0.717) is 16.5 Å². The van der Waals surface area contributed by atoms with Crippen LogP contribution in [-0.4, -0.2) is 200 Å². The lowest BCUT2D eigenvalue weighted by Gasteiger charge is -2.27. The maximum absolute atomic E-state index is 14.5. The van der Waals surface area contributed by atoms with Crippen LogP contribution in [0.4, 0.5) is 0 Å². The summed E-state index contributed by atoms with van der Waals surface area (Å²) in [6.07, 6.45) is 1.06. The molecule has 1 aromatic carbocycles. The SMILES string of the molecule is CC(C)C[C@@H]1NC(=O)CNC(=O)[C@H](CCCN=C(N)N)NC(=O)[C@H](Cc2c[nH]c3ccccc23)NC(=O)[C@H](CO)NC(=O)[C@H](C)NC(=O)[C@H](C)NC(=O)[C@H](C)NC(=O)[C@H](C)NC(=O)[C@H](Cc2cnc[nH]2)NC(=O)[C@H](CC(N)=O)NC(=O)[C@H](CCC(=O)O)NC1=O. The standard InChI is InChI=1S/C55H81N19O16/c1-25(2)16-36-51(87)70-35(13-14-43(78)79)49(85)73-39(19-41(56)76)53(89)72-38(18-31-21-59-24-63-31)50(86)67-28(5)46(82)65-26(3)44(80)64-27(4)45(81)66-29(6)47(83)74-40(23-75)54(90)71-37(17-30-20-61-33-11-8-7-10-32(30)33)52(88)69-34(12-9-15-60-55(57)58)48(84)62-22-42(77)68-36/h7-8,10-11,20-21,24-29,34-40,61,75H,9,12-19,22-23H2,1-6H3,(H2,56,76)(H,59,63)(H,62,84)(H,64,80)(H,65,82)(H,66,81)(H,67,86)(H,68,77)(H,69,88)(H,70,87)(H,71,90)(H,72,89)(H,73,85)(H,74,83)(H,78,79)(H4,57,58,60)/t26-,27-,28-,29-,34-,35-,36-,37-,38-,39-,40-/m0/s1. The zero-order valence-electron chi connectivity index (χ0n) is 50.5. The van der Waals surface area contributed by atoms with E-state index in [1.54, 1.807) is 44.3 Å². The third kappa shape index (κ3) is 23.5. The summed E-state index contributed by atoms with van der Waals surface area (Å²) in [6, 6.07) is -10.2. The molecule has 0 unspecified atom stereocenters. The third-order valence-corrected chi connectivity index (χ3v) is 13.8. The van der Waals surface area contributed by atoms with Gasteiger partial charge in [0.1, 0.15) is 66.5 Å². The average Bonchev–Trinajstić information content (AvgIpc) is 3.36. The molecule has 11 atom stereocenters. The van der Waals surface area contributed by atoms with Gasteiger partial charge < -0.3 is 101 Å². The number of fused-ring (bicyclic) bond motifs is 1. The van der Waals surface area contributed by atoms with Crippen molar-refractivity contribution in [1.82, 2.24) is 78.8 Å². The number of aliphatic imine (C=N–C) groups is 1. The van der Waals surface area contributed by atoms with Crippen LogP contribution in [0.15, 0.2) is 48.0 Å². The lowest BCUT2D eigenvalue weighted by atomic mass is 10.0. The van der Waals surface area contributed by atoms with E-state index < -0.39 is 182 Å². The summed E-state index contributed by atoms with van der Waals surface area (Å²) >= 11 is 0. The molecule has 0 radical (unpaired) electrons. The number of aliphatic hydroxyl groups is 1. The normalized spacial score (nSPS) is 25.0. The van der Waals surface area contributed by atoms with Crippen molar-refractivity contribution in [2.75, 3.05) is 19.7 Å². The minimum Gasteiger partial charge on any atom is -0.481 e. The van der Waals surface area contributed by atoms with Crippen LogP contribution < -0.4 is 81.0 Å². The number of guanidine groups is 1. The Labute approximate surface area is 515 Å². The lowest BCUT2D eigenvalue weighted by molar-refractivity contribution is -0.139. The van der Waals surface area contributed by atoms with Crippen molar-refractivity contribution in [1.29, 1.82) is 0 Å². The predicted molar refractivity (Wildman–Crippen MR) is 318 cm³/mol. The second-order valence-corrected chi connectivity index (χ2v) is 21.8. The van der Waals surface area contributed by atoms with Gasteiger partial charge in [-0.3, -0.25) is 72.1 Å². The Morgan fingerprint density at radius 3 is 1.60 bits per heavy atom. The quantitative estimate of drug-likeness (QED) is 0.0360. The zero-order valence-corrected chi connectivity index (χ0v) is 50.5. The molecule has 1 aliphatic rings. The number of carbonyl (C=O) groups is 14. The van der Waals surface area contributed by atoms with Crippen molar-refractivity contribution in [2.24, 2.45) is 28.1 Å². The van der Waals surface area contributed by atoms with Crippen LogP contribution in [0.5, 0.6) is 0 Å². The minimum absolute atomic E-state index is 0.0388. The van der Waals surface area contributed by atoms with Gasteiger partial charge in [-0.05, 0) is 70.9 Å². The fraction of sp³-hybridized carbons (Fsp3) is 0.527. The van der Waals surface area contributed by atoms with Crippen LogP contribution in [0.2, 0.25) is 0 Å². The number of nitrogens with zero attached hydrogens (tertiary/aromatic N) is 2. The molecule has 1 fully saturated rings. The number of carbonyl (C=O) groups excluding carboxylic acids is 13. The number of nitrogens with one attached hydrogen (secondary N) is 14. The number of benzene rings is 1. The number of hydrogen-bond donors (Lipinski definition) is 19. The van der Waals surface area contributed by atoms with E-state index in [1.807, 2.05) is 0 Å². The third-order valence-electron chi connectivity index (χ3n) is 13.8. The summed E-state index contributed by atoms with van der Waals surface area (Å²) in [7, 11) is 0. The van der Waals surface area contributed by atoms with Gasteiger partial charge in [0.25, 0.3) is 0 Å². The van der Waals surface area contributed by atoms with Gasteiger partial charge in [-0.25, -0.2) is 4.98 Å². The maximum atomic E-state index is 14.5. The van der Waals surface area contributed by atoms with E-state index >= 15 is 0 Å². The number of carboxylic acids is 1. The number of rotatable bonds is 16. The van der Waals surface area contributed by atoms with E-state index in [-0.39, 0.29) is 56.2 Å². The summed E-state index contributed by atoms with van der Waals surface area (Å²) in [6.45, 7) is 6.40. The Morgan fingerprint density at radius 1 is 0.578 bits per heavy atom. The lowest BCUT2D eigenvalue weighted by Crippen LogP contribution is -2.61. The minimum atomic E-state index is -1.89. The van der Waals surface area contributed by atoms with Crippen molar-refractivity contribution in [3.05, 3.63) is 54.2 Å². The van der Waals surface area contributed by atoms with Gasteiger partial charge in [0.05, 0.1) is 25.9 Å². The van der Waals surface area contributed by atoms with Crippen LogP contribution in [0.1, 0.15) is 91.3 Å². The molecule has 0 bridgehead atoms. The Morgan fingerprint density at radius 2 is 1.06 bits per heavy atom. The molecule has 4 rings (SSSR count). The fourth-order valence-corrected chi connectivity index (χ4v) is 8.96. The highest BCUT2D eigenvalue weighted by atomic mass is 16.4. The van der Waals surface area contributed by atoms with Gasteiger partial charge in [0, 0.05) is 54.8 Å². The first-order chi connectivity index (χ1) is 42.5. The number of imidazole rings is 1. The smallest absolute Gasteiger partial charge is 0.303 e. The van der Waals surface area contributed by atoms with E-state index in [0.717, 1.165) is 0 Å². The van der Waals surface area contributed by atoms with Crippen LogP contribution in [0, 0.1) is 5.92 Å². The van der Waals surface area contributed by atoms with Gasteiger partial charge in [-0.2, -0.15) is 0 Å². The van der Waals surface area contributed by atoms with Gasteiger partial charge in [-0.1, -0.05) is 32.0 Å². The van der Waals surface area contributed by atoms with Crippen molar-refractivity contribution in [3.63, 3.8) is 0 Å². The monoisotopic (exact) mass is 1260 g/mol. The van der Waals surface area contributed by atoms with Gasteiger partial charge >= 0.3 is 5.97 Å². The highest BCUT2D eigenvalue weighted by Crippen LogP contribution is 2.20. The summed E-state index contributed by atoms with van der Waals surface area (Å²) in [5.74, 6) is -15.4. The number of aromatic nitrogens is 3. The Kier molecular flexibility index (Phi) is 28.1. The van der Waals surface area contributed by atoms with Crippen LogP contribution in [0.3, 0.4) is 0 Å². The average molecular weight is 1260 g/mol. The van der Waals surface area contributed by atoms with E-state index in [2.05, 4.69) is 83.7 Å². The molecule has 0 aliphatic carbocycles. The largest absolute Gasteiger partial charge is 0.481 e. The number of aliphatic hydroxyl groups excluding tert-OH is 1. The van der Waals surface area contributed by atoms with Gasteiger partial charge in [0.15, 0.2) is 5.96 Å². The molecule has 0 saturated carbocycles. The summed E-state index contributed by atoms with van der Waals surface area (Å²) in [4.78, 5) is 204. The predicted octanol–water partition coefficient (Wildman–Crippen LogP) is -6.95. The number of primary amides is 1. The molecule has 1 aliphatic heterocycles. The van der Waals surface area contributed by atoms with E-state index in [1.165, 1.54) is 40.2 Å². The second-order valence-electron chi connectivity index (χ2n) is 21.8. The summed E-state index contributed by atoms with van der Waals surface area (Å²) in [5.41, 5.74) is 17.9. The zero-order chi connectivity index (χ0) is 66.9. The molecular weight excluding hydrogens is 1180 g/mol. The molecule has 3 aromatic rings. The number of aromatic amines is 2. The molecule has 35 nitrogen and oxygen atoms in total. The van der Waals surface area contributed by atoms with E-state index in [9.17, 15) is 77.3 Å². The maximum Gasteiger partial charge on any atom is 0.303 e. The first-order valence-corrected chi connectivity index (χ1v) is 28.8. The van der Waals surface area contributed by atoms with Crippen molar-refractivity contribution >= 4 is 99.6 Å². The van der Waals surface area contributed by atoms with Crippen molar-refractivity contribution in [3.8, 4) is 0 Å². The highest BCUT2D eigenvalue weighted by Gasteiger charge is 2.36. The number of carboxylic acid groups (broad SMARTS) is 1. The fourth-order valence-electron chi connectivity index (χ4n) is 8.96. The number of aliphatic carboxylic acids is 1. The van der Waals surface area contributed by atoms with Gasteiger partial charge in [0.2, 0.25) is 76.8 Å². The molecule has 0 spiro atoms. The second kappa shape index (κ2) is 34.9. The molecule has 492 valence electrons. The van der Waals surface area contributed by atoms with E-state index in [4.69, 9.17) is 17.2 Å². The van der Waals surface area contributed by atoms with Crippen LogP contribution in [0.25, 0.3) is 10.9 Å². The van der Waals surface area contributed by atoms with Crippen LogP contribution in [-0.2, 0) is 80.0 Å². The molecule has 13 amide bonds. The first kappa shape index (κ1) is 72.3. The number of H-pyrrole nitrogens is 2. The topological polar surface area (TPSA) is 559 Å². The summed E-state index contributed by atoms with van der Waals surface area (Å²) in [5, 5.41) is 49.6. The Bertz CT molecular complexity index is 3110. The molecular formula is C55H81N19O16. The number of amides is 13. The Hall–Kier alpha value is -10.2. The van der Waals surface area contributed by atoms with Gasteiger partial charge in [-0.15, -0.1) is 0 Å². The molecule has 2 aromatic heterocycles. The molecule has 1 saturated heterocycles. The molecule has 3 heterocycles. The number of nitrogens with two attached hydrogens (primary N) is 3. The first-order valence-electron chi connectivity index (χ1n) is 28.8. The van der Waals surface area contributed by atoms with Crippen molar-refractivity contribution < 1.29 is 77.3 Å². The molecule has 22 N–H and O–H groups in total. The van der Waals surface area contributed by atoms with Crippen LogP contribution >= 0.6 is 0 Å². The molecule has 35 heteroatoms. The number of hydrogen-bond acceptors (Lipinski definition) is 17. The van der Waals surface area contributed by atoms with Crippen molar-refractivity contribution in [2.45, 2.75) is 159 Å². The number of para-hydroxylation sites is 1. The Balaban J connectivity index is 1.74. The highest BCUT2D eigenvalue weighted by molar-refractivity contribution is 6.01. The summed E-state index contributed by atoms with van der Waals surface area (Å²) < 4.78 is 0. The molecule has 90 heavy (non-hydrogen) atoms.